The van der Waals surface area contributed by atoms with Gasteiger partial charge in [-0.15, -0.1) is 11.8 Å². The lowest BCUT2D eigenvalue weighted by molar-refractivity contribution is 0.697. The molecule has 0 aliphatic carbocycles. The normalized spacial score (nSPS) is 29.5. The lowest BCUT2D eigenvalue weighted by Crippen LogP contribution is -1.94. The third kappa shape index (κ3) is 3.84. The van der Waals surface area contributed by atoms with Gasteiger partial charge in [0.2, 0.25) is 0 Å². The lowest BCUT2D eigenvalue weighted by atomic mass is 10.2. The molecule has 0 aromatic heterocycles. The van der Waals surface area contributed by atoms with Crippen LogP contribution in [0.1, 0.15) is 46.0 Å². The van der Waals surface area contributed by atoms with Crippen LogP contribution in [0, 0.1) is 0 Å². The molecule has 1 aliphatic rings. The van der Waals surface area contributed by atoms with Crippen LogP contribution in [0.2, 0.25) is 0 Å². The van der Waals surface area contributed by atoms with Crippen molar-refractivity contribution in [1.82, 2.24) is 0 Å². The minimum Gasteiger partial charge on any atom is -0.131 e. The SMILES string of the molecule is CCCCCC1SSC(CC)S1. The molecule has 1 saturated heterocycles. The van der Waals surface area contributed by atoms with Gasteiger partial charge >= 0.3 is 0 Å². The Bertz CT molecular complexity index is 116. The molecule has 2 unspecified atom stereocenters. The van der Waals surface area contributed by atoms with E-state index in [2.05, 4.69) is 47.2 Å². The molecule has 2 atom stereocenters. The minimum atomic E-state index is 0.877. The Morgan fingerprint density at radius 1 is 1.00 bits per heavy atom. The zero-order chi connectivity index (χ0) is 8.81. The molecule has 3 heteroatoms. The van der Waals surface area contributed by atoms with E-state index in [0.717, 1.165) is 9.16 Å². The van der Waals surface area contributed by atoms with Gasteiger partial charge < -0.3 is 0 Å². The van der Waals surface area contributed by atoms with Crippen molar-refractivity contribution in [2.24, 2.45) is 0 Å². The third-order valence-corrected chi connectivity index (χ3v) is 7.94. The van der Waals surface area contributed by atoms with E-state index in [4.69, 9.17) is 0 Å². The van der Waals surface area contributed by atoms with Crippen molar-refractivity contribution in [3.05, 3.63) is 0 Å². The molecule has 0 aromatic carbocycles. The van der Waals surface area contributed by atoms with E-state index in [1.165, 1.54) is 32.1 Å². The summed E-state index contributed by atoms with van der Waals surface area (Å²) in [6.07, 6.45) is 6.95. The van der Waals surface area contributed by atoms with Gasteiger partial charge in [-0.25, -0.2) is 0 Å². The first-order valence-corrected chi connectivity index (χ1v) is 8.06. The summed E-state index contributed by atoms with van der Waals surface area (Å²) in [6, 6.07) is 0. The second kappa shape index (κ2) is 6.50. The lowest BCUT2D eigenvalue weighted by Gasteiger charge is -2.06. The second-order valence-corrected chi connectivity index (χ2v) is 7.78. The molecule has 0 amide bonds. The van der Waals surface area contributed by atoms with E-state index in [1.54, 1.807) is 0 Å². The third-order valence-electron chi connectivity index (χ3n) is 1.95. The standard InChI is InChI=1S/C9H18S3/c1-3-5-6-7-9-10-8(4-2)11-12-9/h8-9H,3-7H2,1-2H3. The average Bonchev–Trinajstić information content (AvgIpc) is 2.53. The maximum Gasteiger partial charge on any atom is 0.0617 e. The summed E-state index contributed by atoms with van der Waals surface area (Å²) < 4.78 is 1.77. The van der Waals surface area contributed by atoms with E-state index in [1.807, 2.05) is 0 Å². The number of hydrogen-bond acceptors (Lipinski definition) is 3. The Morgan fingerprint density at radius 3 is 2.33 bits per heavy atom. The van der Waals surface area contributed by atoms with Gasteiger partial charge in [0.25, 0.3) is 0 Å². The summed E-state index contributed by atoms with van der Waals surface area (Å²) in [4.78, 5) is 0. The van der Waals surface area contributed by atoms with Crippen molar-refractivity contribution >= 4 is 33.3 Å². The molecule has 1 aliphatic heterocycles. The van der Waals surface area contributed by atoms with E-state index in [0.29, 0.717) is 0 Å². The molecule has 0 saturated carbocycles. The van der Waals surface area contributed by atoms with Crippen molar-refractivity contribution < 1.29 is 0 Å². The number of rotatable bonds is 5. The van der Waals surface area contributed by atoms with Crippen molar-refractivity contribution in [1.29, 1.82) is 0 Å². The highest BCUT2D eigenvalue weighted by molar-refractivity contribution is 8.82. The predicted molar refractivity (Wildman–Crippen MR) is 64.8 cm³/mol. The largest absolute Gasteiger partial charge is 0.131 e. The van der Waals surface area contributed by atoms with Crippen molar-refractivity contribution in [3.8, 4) is 0 Å². The molecule has 1 rings (SSSR count). The fraction of sp³-hybridized carbons (Fsp3) is 1.00. The molecule has 12 heavy (non-hydrogen) atoms. The van der Waals surface area contributed by atoms with Crippen LogP contribution in [0.4, 0.5) is 0 Å². The number of unbranched alkanes of at least 4 members (excludes halogenated alkanes) is 2. The molecule has 0 aromatic rings. The molecule has 0 radical (unpaired) electrons. The fourth-order valence-corrected chi connectivity index (χ4v) is 7.11. The van der Waals surface area contributed by atoms with Crippen molar-refractivity contribution in [2.45, 2.75) is 55.1 Å². The predicted octanol–water partition coefficient (Wildman–Crippen LogP) is 4.76. The number of thioether (sulfide) groups is 1. The first-order valence-electron chi connectivity index (χ1n) is 4.84. The topological polar surface area (TPSA) is 0 Å². The Balaban J connectivity index is 2.03. The maximum absolute atomic E-state index is 2.29. The van der Waals surface area contributed by atoms with Crippen LogP contribution in [-0.4, -0.2) is 9.16 Å². The highest BCUT2D eigenvalue weighted by atomic mass is 33.1. The van der Waals surface area contributed by atoms with Crippen molar-refractivity contribution in [3.63, 3.8) is 0 Å². The Labute approximate surface area is 88.4 Å². The van der Waals surface area contributed by atoms with Gasteiger partial charge in [0.15, 0.2) is 0 Å². The molecule has 1 fully saturated rings. The molecule has 0 spiro atoms. The minimum absolute atomic E-state index is 0.877. The smallest absolute Gasteiger partial charge is 0.0617 e. The highest BCUT2D eigenvalue weighted by Crippen LogP contribution is 2.53. The quantitative estimate of drug-likeness (QED) is 0.486. The number of hydrogen-bond donors (Lipinski definition) is 0. The van der Waals surface area contributed by atoms with Gasteiger partial charge in [0, 0.05) is 0 Å². The molecule has 0 nitrogen and oxygen atoms in total. The molecule has 72 valence electrons. The van der Waals surface area contributed by atoms with E-state index in [-0.39, 0.29) is 0 Å². The van der Waals surface area contributed by atoms with Crippen LogP contribution in [0.3, 0.4) is 0 Å². The summed E-state index contributed by atoms with van der Waals surface area (Å²) in [5.74, 6) is 0. The molecule has 0 bridgehead atoms. The van der Waals surface area contributed by atoms with Gasteiger partial charge in [0.1, 0.15) is 0 Å². The first-order chi connectivity index (χ1) is 5.86. The first kappa shape index (κ1) is 11.1. The molecular formula is C9H18S3. The van der Waals surface area contributed by atoms with Crippen LogP contribution in [0.25, 0.3) is 0 Å². The Morgan fingerprint density at radius 2 is 1.75 bits per heavy atom. The van der Waals surface area contributed by atoms with Gasteiger partial charge in [-0.05, 0) is 12.8 Å². The van der Waals surface area contributed by atoms with E-state index >= 15 is 0 Å². The Kier molecular flexibility index (Phi) is 6.02. The monoisotopic (exact) mass is 222 g/mol. The summed E-state index contributed by atoms with van der Waals surface area (Å²) in [5.41, 5.74) is 0. The maximum atomic E-state index is 2.29. The van der Waals surface area contributed by atoms with Crippen LogP contribution in [0.15, 0.2) is 0 Å². The highest BCUT2D eigenvalue weighted by Gasteiger charge is 2.24. The van der Waals surface area contributed by atoms with Crippen molar-refractivity contribution in [2.75, 3.05) is 0 Å². The van der Waals surface area contributed by atoms with E-state index < -0.39 is 0 Å². The fourth-order valence-electron chi connectivity index (χ4n) is 1.18. The van der Waals surface area contributed by atoms with Crippen LogP contribution in [-0.2, 0) is 0 Å². The van der Waals surface area contributed by atoms with Gasteiger partial charge in [-0.3, -0.25) is 0 Å². The zero-order valence-electron chi connectivity index (χ0n) is 7.91. The van der Waals surface area contributed by atoms with E-state index in [9.17, 15) is 0 Å². The average molecular weight is 222 g/mol. The summed E-state index contributed by atoms with van der Waals surface area (Å²) >= 11 is 2.19. The van der Waals surface area contributed by atoms with Crippen LogP contribution < -0.4 is 0 Å². The zero-order valence-corrected chi connectivity index (χ0v) is 10.4. The summed E-state index contributed by atoms with van der Waals surface area (Å²) in [6.45, 7) is 4.57. The van der Waals surface area contributed by atoms with Gasteiger partial charge in [-0.2, -0.15) is 0 Å². The summed E-state index contributed by atoms with van der Waals surface area (Å²) in [7, 11) is 4.19. The molecule has 1 heterocycles. The Hall–Kier alpha value is 1.05. The van der Waals surface area contributed by atoms with Crippen LogP contribution >= 0.6 is 33.3 Å². The van der Waals surface area contributed by atoms with Gasteiger partial charge in [-0.1, -0.05) is 54.7 Å². The summed E-state index contributed by atoms with van der Waals surface area (Å²) in [5, 5.41) is 0. The molecule has 0 N–H and O–H groups in total. The second-order valence-electron chi connectivity index (χ2n) is 3.09. The molecular weight excluding hydrogens is 204 g/mol. The van der Waals surface area contributed by atoms with Gasteiger partial charge in [0.05, 0.1) is 9.16 Å². The van der Waals surface area contributed by atoms with Crippen LogP contribution in [0.5, 0.6) is 0 Å².